The molecular weight excluding hydrogens is 264 g/mol. The molecule has 0 spiro atoms. The van der Waals surface area contributed by atoms with Crippen LogP contribution in [0.5, 0.6) is 0 Å². The van der Waals surface area contributed by atoms with Crippen molar-refractivity contribution in [1.29, 1.82) is 0 Å². The summed E-state index contributed by atoms with van der Waals surface area (Å²) in [6.07, 6.45) is 4.19. The van der Waals surface area contributed by atoms with E-state index in [1.165, 1.54) is 12.0 Å². The Hall–Kier alpha value is -2.20. The standard InChI is InChI=1S/C17H18N2O2/c1-19-9-3-6-16(19)13-7-8-18-15(11-13)12-4-2-5-14(10-12)17(20)21/h2,4-5,7-8,10-11,16H,3,6,9H2,1H3,(H,20,21). The predicted molar refractivity (Wildman–Crippen MR) is 81.2 cm³/mol. The zero-order valence-corrected chi connectivity index (χ0v) is 12.0. The third kappa shape index (κ3) is 2.81. The minimum Gasteiger partial charge on any atom is -0.478 e. The number of carboxylic acid groups (broad SMARTS) is 1. The lowest BCUT2D eigenvalue weighted by atomic mass is 10.0. The zero-order valence-electron chi connectivity index (χ0n) is 12.0. The lowest BCUT2D eigenvalue weighted by Crippen LogP contribution is -2.17. The smallest absolute Gasteiger partial charge is 0.335 e. The molecule has 1 aliphatic rings. The lowest BCUT2D eigenvalue weighted by Gasteiger charge is -2.20. The highest BCUT2D eigenvalue weighted by molar-refractivity contribution is 5.89. The van der Waals surface area contributed by atoms with Crippen LogP contribution in [0.3, 0.4) is 0 Å². The largest absolute Gasteiger partial charge is 0.478 e. The first-order valence-corrected chi connectivity index (χ1v) is 7.15. The van der Waals surface area contributed by atoms with E-state index in [0.717, 1.165) is 24.2 Å². The average Bonchev–Trinajstić information content (AvgIpc) is 2.94. The molecule has 0 amide bonds. The van der Waals surface area contributed by atoms with Gasteiger partial charge in [0.25, 0.3) is 0 Å². The van der Waals surface area contributed by atoms with Crippen LogP contribution in [0, 0.1) is 0 Å². The molecule has 2 aromatic rings. The van der Waals surface area contributed by atoms with Gasteiger partial charge in [-0.3, -0.25) is 9.88 Å². The third-order valence-electron chi connectivity index (χ3n) is 4.09. The van der Waals surface area contributed by atoms with Crippen molar-refractivity contribution < 1.29 is 9.90 Å². The van der Waals surface area contributed by atoms with E-state index < -0.39 is 5.97 Å². The second kappa shape index (κ2) is 5.66. The maximum Gasteiger partial charge on any atom is 0.335 e. The second-order valence-corrected chi connectivity index (χ2v) is 5.50. The number of benzene rings is 1. The Kier molecular flexibility index (Phi) is 3.71. The van der Waals surface area contributed by atoms with Crippen molar-refractivity contribution in [2.75, 3.05) is 13.6 Å². The Morgan fingerprint density at radius 2 is 2.19 bits per heavy atom. The van der Waals surface area contributed by atoms with Crippen LogP contribution in [0.2, 0.25) is 0 Å². The van der Waals surface area contributed by atoms with Crippen LogP contribution < -0.4 is 0 Å². The zero-order chi connectivity index (χ0) is 14.8. The highest BCUT2D eigenvalue weighted by Gasteiger charge is 2.22. The molecule has 1 fully saturated rings. The number of rotatable bonds is 3. The molecule has 0 radical (unpaired) electrons. The monoisotopic (exact) mass is 282 g/mol. The molecule has 1 unspecified atom stereocenters. The van der Waals surface area contributed by atoms with Gasteiger partial charge in [0.1, 0.15) is 0 Å². The van der Waals surface area contributed by atoms with E-state index in [4.69, 9.17) is 5.11 Å². The minimum absolute atomic E-state index is 0.290. The fourth-order valence-electron chi connectivity index (χ4n) is 2.95. The maximum absolute atomic E-state index is 11.1. The molecule has 1 saturated heterocycles. The molecule has 4 heteroatoms. The quantitative estimate of drug-likeness (QED) is 0.939. The molecule has 1 N–H and O–H groups in total. The molecule has 1 aromatic carbocycles. The van der Waals surface area contributed by atoms with Crippen LogP contribution >= 0.6 is 0 Å². The minimum atomic E-state index is -0.913. The lowest BCUT2D eigenvalue weighted by molar-refractivity contribution is 0.0697. The molecule has 0 saturated carbocycles. The van der Waals surface area contributed by atoms with E-state index in [9.17, 15) is 4.79 Å². The summed E-state index contributed by atoms with van der Waals surface area (Å²) in [6.45, 7) is 1.12. The van der Waals surface area contributed by atoms with Crippen LogP contribution in [0.4, 0.5) is 0 Å². The number of pyridine rings is 1. The van der Waals surface area contributed by atoms with Gasteiger partial charge in [0.15, 0.2) is 0 Å². The highest BCUT2D eigenvalue weighted by atomic mass is 16.4. The van der Waals surface area contributed by atoms with Crippen molar-refractivity contribution in [3.63, 3.8) is 0 Å². The Morgan fingerprint density at radius 3 is 2.90 bits per heavy atom. The van der Waals surface area contributed by atoms with Crippen molar-refractivity contribution in [3.05, 3.63) is 53.7 Å². The number of hydrogen-bond donors (Lipinski definition) is 1. The number of hydrogen-bond acceptors (Lipinski definition) is 3. The number of aromatic carboxylic acids is 1. The van der Waals surface area contributed by atoms with Gasteiger partial charge in [-0.25, -0.2) is 4.79 Å². The van der Waals surface area contributed by atoms with Crippen molar-refractivity contribution in [3.8, 4) is 11.3 Å². The first-order valence-electron chi connectivity index (χ1n) is 7.15. The SMILES string of the molecule is CN1CCCC1c1ccnc(-c2cccc(C(=O)O)c2)c1. The van der Waals surface area contributed by atoms with E-state index >= 15 is 0 Å². The summed E-state index contributed by atoms with van der Waals surface area (Å²) in [4.78, 5) is 17.8. The Balaban J connectivity index is 1.96. The summed E-state index contributed by atoms with van der Waals surface area (Å²) in [7, 11) is 2.14. The normalized spacial score (nSPS) is 18.8. The van der Waals surface area contributed by atoms with Gasteiger partial charge in [-0.05, 0) is 56.3 Å². The van der Waals surface area contributed by atoms with Crippen LogP contribution in [-0.2, 0) is 0 Å². The van der Waals surface area contributed by atoms with Crippen molar-refractivity contribution >= 4 is 5.97 Å². The molecule has 0 aliphatic carbocycles. The van der Waals surface area contributed by atoms with Gasteiger partial charge in [-0.1, -0.05) is 12.1 Å². The first-order chi connectivity index (χ1) is 10.1. The number of aromatic nitrogens is 1. The van der Waals surface area contributed by atoms with Gasteiger partial charge in [-0.15, -0.1) is 0 Å². The molecule has 1 atom stereocenters. The third-order valence-corrected chi connectivity index (χ3v) is 4.09. The van der Waals surface area contributed by atoms with E-state index in [1.54, 1.807) is 18.2 Å². The van der Waals surface area contributed by atoms with Gasteiger partial charge in [-0.2, -0.15) is 0 Å². The van der Waals surface area contributed by atoms with E-state index in [2.05, 4.69) is 29.1 Å². The summed E-state index contributed by atoms with van der Waals surface area (Å²) < 4.78 is 0. The Labute approximate surface area is 124 Å². The van der Waals surface area contributed by atoms with Gasteiger partial charge >= 0.3 is 5.97 Å². The van der Waals surface area contributed by atoms with Crippen LogP contribution in [-0.4, -0.2) is 34.6 Å². The molecular formula is C17H18N2O2. The molecule has 3 rings (SSSR count). The Bertz CT molecular complexity index is 669. The van der Waals surface area contributed by atoms with E-state index in [-0.39, 0.29) is 5.56 Å². The van der Waals surface area contributed by atoms with Gasteiger partial charge in [0.05, 0.1) is 11.3 Å². The summed E-state index contributed by atoms with van der Waals surface area (Å²) in [5, 5.41) is 9.09. The number of likely N-dealkylation sites (tertiary alicyclic amines) is 1. The molecule has 0 bridgehead atoms. The van der Waals surface area contributed by atoms with Gasteiger partial charge in [0, 0.05) is 17.8 Å². The highest BCUT2D eigenvalue weighted by Crippen LogP contribution is 2.31. The summed E-state index contributed by atoms with van der Waals surface area (Å²) in [5.41, 5.74) is 3.21. The van der Waals surface area contributed by atoms with E-state index in [0.29, 0.717) is 6.04 Å². The summed E-state index contributed by atoms with van der Waals surface area (Å²) >= 11 is 0. The van der Waals surface area contributed by atoms with Gasteiger partial charge in [0.2, 0.25) is 0 Å². The topological polar surface area (TPSA) is 53.4 Å². The van der Waals surface area contributed by atoms with Crippen molar-refractivity contribution in [2.45, 2.75) is 18.9 Å². The fourth-order valence-corrected chi connectivity index (χ4v) is 2.95. The molecule has 4 nitrogen and oxygen atoms in total. The molecule has 21 heavy (non-hydrogen) atoms. The first kappa shape index (κ1) is 13.8. The fraction of sp³-hybridized carbons (Fsp3) is 0.294. The summed E-state index contributed by atoms with van der Waals surface area (Å²) in [6, 6.07) is 11.5. The molecule has 2 heterocycles. The average molecular weight is 282 g/mol. The number of carbonyl (C=O) groups is 1. The number of nitrogens with zero attached hydrogens (tertiary/aromatic N) is 2. The van der Waals surface area contributed by atoms with Crippen LogP contribution in [0.15, 0.2) is 42.6 Å². The van der Waals surface area contributed by atoms with Crippen LogP contribution in [0.1, 0.15) is 34.8 Å². The second-order valence-electron chi connectivity index (χ2n) is 5.50. The van der Waals surface area contributed by atoms with Crippen LogP contribution in [0.25, 0.3) is 11.3 Å². The van der Waals surface area contributed by atoms with Crippen molar-refractivity contribution in [2.24, 2.45) is 0 Å². The van der Waals surface area contributed by atoms with E-state index in [1.807, 2.05) is 12.3 Å². The Morgan fingerprint density at radius 1 is 1.33 bits per heavy atom. The molecule has 1 aliphatic heterocycles. The molecule has 108 valence electrons. The maximum atomic E-state index is 11.1. The predicted octanol–water partition coefficient (Wildman–Crippen LogP) is 3.21. The number of carboxylic acids is 1. The summed E-state index contributed by atoms with van der Waals surface area (Å²) in [5.74, 6) is -0.913. The van der Waals surface area contributed by atoms with Crippen molar-refractivity contribution in [1.82, 2.24) is 9.88 Å². The molecule has 1 aromatic heterocycles. The van der Waals surface area contributed by atoms with Gasteiger partial charge < -0.3 is 5.11 Å².